The fourth-order valence-electron chi connectivity index (χ4n) is 0.204. The summed E-state index contributed by atoms with van der Waals surface area (Å²) < 4.78 is 0. The maximum atomic E-state index is 9.77. The normalized spacial score (nSPS) is 11.3. The summed E-state index contributed by atoms with van der Waals surface area (Å²) >= 11 is 0. The first-order valence-corrected chi connectivity index (χ1v) is 2.18. The second-order valence-electron chi connectivity index (χ2n) is 1.22. The zero-order valence-corrected chi connectivity index (χ0v) is 4.53. The highest BCUT2D eigenvalue weighted by Gasteiger charge is 2.06. The van der Waals surface area contributed by atoms with Crippen LogP contribution >= 0.6 is 0 Å². The van der Waals surface area contributed by atoms with Crippen LogP contribution in [0.25, 0.3) is 0 Å². The maximum absolute atomic E-state index is 9.77. The molecule has 0 amide bonds. The van der Waals surface area contributed by atoms with Crippen LogP contribution in [-0.4, -0.2) is 34.0 Å². The summed E-state index contributed by atoms with van der Waals surface area (Å²) in [5, 5.41) is 24.4. The zero-order chi connectivity index (χ0) is 7.28. The van der Waals surface area contributed by atoms with Crippen LogP contribution in [-0.2, 0) is 4.79 Å². The fourth-order valence-corrected chi connectivity index (χ4v) is 0.204. The van der Waals surface area contributed by atoms with Gasteiger partial charge in [-0.2, -0.15) is 0 Å². The molecule has 0 bridgehead atoms. The van der Waals surface area contributed by atoms with E-state index in [4.69, 9.17) is 15.3 Å². The Morgan fingerprint density at radius 2 is 2.22 bits per heavy atom. The van der Waals surface area contributed by atoms with Gasteiger partial charge in [-0.25, -0.2) is 4.79 Å². The summed E-state index contributed by atoms with van der Waals surface area (Å²) in [6.45, 7) is -0.440. The van der Waals surface area contributed by atoms with E-state index in [1.165, 1.54) is 0 Å². The average Bonchev–Trinajstić information content (AvgIpc) is 1.82. The summed E-state index contributed by atoms with van der Waals surface area (Å²) in [7, 11) is 0. The third-order valence-electron chi connectivity index (χ3n) is 0.552. The predicted molar refractivity (Wildman–Crippen MR) is 28.5 cm³/mol. The Kier molecular flexibility index (Phi) is 3.44. The lowest BCUT2D eigenvalue weighted by Crippen LogP contribution is -2.16. The van der Waals surface area contributed by atoms with Gasteiger partial charge < -0.3 is 15.3 Å². The summed E-state index contributed by atoms with van der Waals surface area (Å²) in [5.41, 5.74) is 0. The highest BCUT2D eigenvalue weighted by Crippen LogP contribution is 1.76. The minimum absolute atomic E-state index is 0.440. The Balaban J connectivity index is 3.75. The van der Waals surface area contributed by atoms with Crippen molar-refractivity contribution in [3.05, 3.63) is 0 Å². The molecule has 0 spiro atoms. The Morgan fingerprint density at radius 3 is 2.56 bits per heavy atom. The molecule has 0 heterocycles. The van der Waals surface area contributed by atoms with Crippen molar-refractivity contribution in [3.63, 3.8) is 0 Å². The highest BCUT2D eigenvalue weighted by molar-refractivity contribution is 5.75. The Labute approximate surface area is 51.7 Å². The first-order chi connectivity index (χ1) is 4.18. The molecule has 0 aromatic heterocycles. The SMILES string of the molecule is O=C(O)C(O)C#CCO. The van der Waals surface area contributed by atoms with Gasteiger partial charge in [0.05, 0.1) is 0 Å². The molecule has 0 fully saturated rings. The van der Waals surface area contributed by atoms with Gasteiger partial charge in [0.25, 0.3) is 0 Å². The second kappa shape index (κ2) is 3.89. The maximum Gasteiger partial charge on any atom is 0.345 e. The number of hydrogen-bond donors (Lipinski definition) is 3. The van der Waals surface area contributed by atoms with E-state index < -0.39 is 18.7 Å². The van der Waals surface area contributed by atoms with E-state index in [1.54, 1.807) is 0 Å². The topological polar surface area (TPSA) is 77.8 Å². The number of aliphatic carboxylic acids is 1. The van der Waals surface area contributed by atoms with Crippen molar-refractivity contribution in [2.24, 2.45) is 0 Å². The van der Waals surface area contributed by atoms with Crippen molar-refractivity contribution in [2.75, 3.05) is 6.61 Å². The summed E-state index contributed by atoms with van der Waals surface area (Å²) in [4.78, 5) is 9.77. The first kappa shape index (κ1) is 7.95. The standard InChI is InChI=1S/C5H6O4/c6-3-1-2-4(7)5(8)9/h4,6-7H,3H2,(H,8,9). The van der Waals surface area contributed by atoms with Gasteiger partial charge in [-0.1, -0.05) is 11.8 Å². The van der Waals surface area contributed by atoms with Gasteiger partial charge in [0.1, 0.15) is 6.61 Å². The van der Waals surface area contributed by atoms with E-state index in [0.29, 0.717) is 0 Å². The van der Waals surface area contributed by atoms with Gasteiger partial charge in [-0.15, -0.1) is 0 Å². The number of aliphatic hydroxyl groups excluding tert-OH is 2. The average molecular weight is 130 g/mol. The van der Waals surface area contributed by atoms with Gasteiger partial charge in [0.2, 0.25) is 6.10 Å². The highest BCUT2D eigenvalue weighted by atomic mass is 16.4. The van der Waals surface area contributed by atoms with Crippen LogP contribution in [0, 0.1) is 11.8 Å². The molecule has 0 aliphatic carbocycles. The van der Waals surface area contributed by atoms with Crippen molar-refractivity contribution in [3.8, 4) is 11.8 Å². The molecule has 0 saturated heterocycles. The molecule has 4 heteroatoms. The molecular formula is C5H6O4. The monoisotopic (exact) mass is 130 g/mol. The van der Waals surface area contributed by atoms with Crippen LogP contribution < -0.4 is 0 Å². The molecule has 0 radical (unpaired) electrons. The van der Waals surface area contributed by atoms with E-state index in [1.807, 2.05) is 11.8 Å². The van der Waals surface area contributed by atoms with E-state index >= 15 is 0 Å². The molecule has 9 heavy (non-hydrogen) atoms. The Hall–Kier alpha value is -1.05. The molecule has 0 aromatic rings. The van der Waals surface area contributed by atoms with Gasteiger partial charge in [-0.05, 0) is 0 Å². The minimum Gasteiger partial charge on any atom is -0.479 e. The molecule has 1 unspecified atom stereocenters. The predicted octanol–water partition coefficient (Wildman–Crippen LogP) is -1.57. The third kappa shape index (κ3) is 3.53. The van der Waals surface area contributed by atoms with Crippen molar-refractivity contribution >= 4 is 5.97 Å². The number of aliphatic hydroxyl groups is 2. The number of carbonyl (C=O) groups is 1. The van der Waals surface area contributed by atoms with Gasteiger partial charge in [0.15, 0.2) is 0 Å². The lowest BCUT2D eigenvalue weighted by atomic mass is 10.4. The molecule has 0 rings (SSSR count). The van der Waals surface area contributed by atoms with E-state index in [9.17, 15) is 4.79 Å². The summed E-state index contributed by atoms with van der Waals surface area (Å²) in [6.07, 6.45) is -1.68. The molecular weight excluding hydrogens is 124 g/mol. The van der Waals surface area contributed by atoms with Crippen LogP contribution in [0.4, 0.5) is 0 Å². The molecule has 0 aliphatic rings. The van der Waals surface area contributed by atoms with Crippen molar-refractivity contribution in [1.29, 1.82) is 0 Å². The number of carboxylic acid groups (broad SMARTS) is 1. The van der Waals surface area contributed by atoms with Crippen molar-refractivity contribution < 1.29 is 20.1 Å². The smallest absolute Gasteiger partial charge is 0.345 e. The van der Waals surface area contributed by atoms with Crippen LogP contribution in [0.3, 0.4) is 0 Å². The van der Waals surface area contributed by atoms with Crippen molar-refractivity contribution in [1.82, 2.24) is 0 Å². The number of rotatable bonds is 1. The lowest BCUT2D eigenvalue weighted by molar-refractivity contribution is -0.143. The van der Waals surface area contributed by atoms with Gasteiger partial charge >= 0.3 is 5.97 Å². The summed E-state index contributed by atoms with van der Waals surface area (Å²) in [5.74, 6) is 2.49. The minimum atomic E-state index is -1.68. The van der Waals surface area contributed by atoms with Crippen LogP contribution in [0.15, 0.2) is 0 Å². The number of hydrogen-bond acceptors (Lipinski definition) is 3. The van der Waals surface area contributed by atoms with Gasteiger partial charge in [-0.3, -0.25) is 0 Å². The molecule has 0 aliphatic heterocycles. The fraction of sp³-hybridized carbons (Fsp3) is 0.400. The van der Waals surface area contributed by atoms with Crippen molar-refractivity contribution in [2.45, 2.75) is 6.10 Å². The Bertz CT molecular complexity index is 152. The van der Waals surface area contributed by atoms with E-state index in [-0.39, 0.29) is 0 Å². The second-order valence-corrected chi connectivity index (χ2v) is 1.22. The summed E-state index contributed by atoms with van der Waals surface area (Å²) in [6, 6.07) is 0. The quantitative estimate of drug-likeness (QED) is 0.375. The number of carboxylic acids is 1. The zero-order valence-electron chi connectivity index (χ0n) is 4.53. The molecule has 50 valence electrons. The lowest BCUT2D eigenvalue weighted by Gasteiger charge is -1.90. The van der Waals surface area contributed by atoms with Crippen LogP contribution in [0.1, 0.15) is 0 Å². The molecule has 1 atom stereocenters. The van der Waals surface area contributed by atoms with E-state index in [0.717, 1.165) is 0 Å². The largest absolute Gasteiger partial charge is 0.479 e. The van der Waals surface area contributed by atoms with Gasteiger partial charge in [0, 0.05) is 0 Å². The third-order valence-corrected chi connectivity index (χ3v) is 0.552. The van der Waals surface area contributed by atoms with Crippen LogP contribution in [0.2, 0.25) is 0 Å². The molecule has 4 nitrogen and oxygen atoms in total. The molecule has 3 N–H and O–H groups in total. The first-order valence-electron chi connectivity index (χ1n) is 2.18. The molecule has 0 saturated carbocycles. The van der Waals surface area contributed by atoms with Crippen LogP contribution in [0.5, 0.6) is 0 Å². The van der Waals surface area contributed by atoms with E-state index in [2.05, 4.69) is 0 Å². The molecule has 0 aromatic carbocycles. The Morgan fingerprint density at radius 1 is 1.67 bits per heavy atom.